The minimum atomic E-state index is -4.91. The summed E-state index contributed by atoms with van der Waals surface area (Å²) in [5.74, 6) is -1.45. The van der Waals surface area contributed by atoms with Gasteiger partial charge >= 0.3 is 12.3 Å². The highest BCUT2D eigenvalue weighted by Gasteiger charge is 2.31. The van der Waals surface area contributed by atoms with Crippen LogP contribution in [0, 0.1) is 0 Å². The second-order valence-corrected chi connectivity index (χ2v) is 8.20. The second kappa shape index (κ2) is 9.21. The molecule has 6 nitrogen and oxygen atoms in total. The molecule has 1 N–H and O–H groups in total. The largest absolute Gasteiger partial charge is 0.573 e. The summed E-state index contributed by atoms with van der Waals surface area (Å²) in [6.45, 7) is 0. The van der Waals surface area contributed by atoms with Crippen LogP contribution >= 0.6 is 23.2 Å². The van der Waals surface area contributed by atoms with Crippen molar-refractivity contribution in [3.05, 3.63) is 58.1 Å². The van der Waals surface area contributed by atoms with Crippen LogP contribution in [-0.2, 0) is 26.0 Å². The van der Waals surface area contributed by atoms with E-state index in [4.69, 9.17) is 23.2 Å². The Morgan fingerprint density at radius 3 is 2.24 bits per heavy atom. The number of carbonyl (C=O) groups is 1. The van der Waals surface area contributed by atoms with Gasteiger partial charge in [0.1, 0.15) is 11.8 Å². The number of methoxy groups -OCH3 is 1. The standard InChI is InChI=1S/C17H14Cl2F3NO5S/c1-27-16(24)15(9-10-2-7-13(18)14(19)8-10)23-29(25,26)12-5-3-11(4-6-12)28-17(20,21)22/h2-8,15,23H,9H2,1H3/t15-/m0/s1. The fraction of sp³-hybridized carbons (Fsp3) is 0.235. The number of sulfonamides is 1. The molecule has 1 atom stereocenters. The Balaban J connectivity index is 2.22. The van der Waals surface area contributed by atoms with E-state index in [0.29, 0.717) is 5.56 Å². The molecule has 2 aromatic carbocycles. The summed E-state index contributed by atoms with van der Waals surface area (Å²) in [5, 5.41) is 0.502. The van der Waals surface area contributed by atoms with E-state index in [1.54, 1.807) is 6.07 Å². The molecule has 0 spiro atoms. The van der Waals surface area contributed by atoms with E-state index >= 15 is 0 Å². The molecular weight excluding hydrogens is 458 g/mol. The maximum atomic E-state index is 12.5. The van der Waals surface area contributed by atoms with Gasteiger partial charge in [0.25, 0.3) is 0 Å². The predicted molar refractivity (Wildman–Crippen MR) is 99.4 cm³/mol. The first-order valence-electron chi connectivity index (χ1n) is 7.81. The summed E-state index contributed by atoms with van der Waals surface area (Å²) < 4.78 is 72.2. The van der Waals surface area contributed by atoms with Gasteiger partial charge in [-0.2, -0.15) is 4.72 Å². The van der Waals surface area contributed by atoms with Gasteiger partial charge in [0.15, 0.2) is 0 Å². The molecule has 0 amide bonds. The van der Waals surface area contributed by atoms with Gasteiger partial charge in [-0.15, -0.1) is 13.2 Å². The molecule has 0 aromatic heterocycles. The molecule has 0 heterocycles. The number of hydrogen-bond acceptors (Lipinski definition) is 5. The number of carbonyl (C=O) groups excluding carboxylic acids is 1. The summed E-state index contributed by atoms with van der Waals surface area (Å²) in [7, 11) is -3.18. The van der Waals surface area contributed by atoms with Gasteiger partial charge in [-0.3, -0.25) is 4.79 Å². The highest BCUT2D eigenvalue weighted by Crippen LogP contribution is 2.25. The lowest BCUT2D eigenvalue weighted by atomic mass is 10.1. The van der Waals surface area contributed by atoms with Crippen molar-refractivity contribution in [1.29, 1.82) is 0 Å². The zero-order chi connectivity index (χ0) is 21.8. The molecule has 2 aromatic rings. The van der Waals surface area contributed by atoms with E-state index < -0.39 is 34.1 Å². The van der Waals surface area contributed by atoms with Crippen molar-refractivity contribution in [2.75, 3.05) is 7.11 Å². The van der Waals surface area contributed by atoms with Gasteiger partial charge in [-0.05, 0) is 48.4 Å². The van der Waals surface area contributed by atoms with E-state index in [1.165, 1.54) is 12.1 Å². The van der Waals surface area contributed by atoms with Gasteiger partial charge in [-0.1, -0.05) is 29.3 Å². The summed E-state index contributed by atoms with van der Waals surface area (Å²) in [6, 6.07) is 6.71. The average molecular weight is 472 g/mol. The van der Waals surface area contributed by atoms with Crippen molar-refractivity contribution in [2.24, 2.45) is 0 Å². The van der Waals surface area contributed by atoms with Crippen LogP contribution in [0.4, 0.5) is 13.2 Å². The average Bonchev–Trinajstić information content (AvgIpc) is 2.62. The number of benzene rings is 2. The Labute approximate surface area is 174 Å². The fourth-order valence-electron chi connectivity index (χ4n) is 2.29. The van der Waals surface area contributed by atoms with E-state index in [2.05, 4.69) is 14.2 Å². The van der Waals surface area contributed by atoms with Crippen LogP contribution in [0.5, 0.6) is 5.75 Å². The Bertz CT molecular complexity index is 982. The summed E-state index contributed by atoms with van der Waals surface area (Å²) >= 11 is 11.8. The maximum absolute atomic E-state index is 12.5. The third-order valence-electron chi connectivity index (χ3n) is 3.57. The minimum absolute atomic E-state index is 0.0991. The van der Waals surface area contributed by atoms with Crippen molar-refractivity contribution in [2.45, 2.75) is 23.7 Å². The minimum Gasteiger partial charge on any atom is -0.468 e. The number of hydrogen-bond donors (Lipinski definition) is 1. The van der Waals surface area contributed by atoms with Crippen molar-refractivity contribution >= 4 is 39.2 Å². The molecule has 0 aliphatic heterocycles. The number of alkyl halides is 3. The molecular formula is C17H14Cl2F3NO5S. The molecule has 158 valence electrons. The van der Waals surface area contributed by atoms with Gasteiger partial charge in [0.2, 0.25) is 10.0 Å². The van der Waals surface area contributed by atoms with Crippen LogP contribution in [-0.4, -0.2) is 33.9 Å². The number of rotatable bonds is 7. The lowest BCUT2D eigenvalue weighted by Crippen LogP contribution is -2.42. The Morgan fingerprint density at radius 1 is 1.10 bits per heavy atom. The van der Waals surface area contributed by atoms with E-state index in [1.807, 2.05) is 0 Å². The summed E-state index contributed by atoms with van der Waals surface area (Å²) in [5.41, 5.74) is 0.506. The zero-order valence-corrected chi connectivity index (χ0v) is 17.0. The number of esters is 1. The Morgan fingerprint density at radius 2 is 1.72 bits per heavy atom. The summed E-state index contributed by atoms with van der Waals surface area (Å²) in [6.07, 6.45) is -5.01. The molecule has 0 radical (unpaired) electrons. The normalized spacial score (nSPS) is 13.0. The van der Waals surface area contributed by atoms with Crippen LogP contribution in [0.3, 0.4) is 0 Å². The van der Waals surface area contributed by atoms with Gasteiger partial charge < -0.3 is 9.47 Å². The smallest absolute Gasteiger partial charge is 0.468 e. The van der Waals surface area contributed by atoms with E-state index in [9.17, 15) is 26.4 Å². The molecule has 2 rings (SSSR count). The van der Waals surface area contributed by atoms with Crippen molar-refractivity contribution in [3.63, 3.8) is 0 Å². The molecule has 0 unspecified atom stereocenters. The maximum Gasteiger partial charge on any atom is 0.573 e. The topological polar surface area (TPSA) is 81.7 Å². The fourth-order valence-corrected chi connectivity index (χ4v) is 3.80. The summed E-state index contributed by atoms with van der Waals surface area (Å²) in [4.78, 5) is 11.7. The number of ether oxygens (including phenoxy) is 2. The van der Waals surface area contributed by atoms with Crippen molar-refractivity contribution < 1.29 is 35.9 Å². The van der Waals surface area contributed by atoms with Gasteiger partial charge in [0, 0.05) is 0 Å². The van der Waals surface area contributed by atoms with Crippen LogP contribution in [0.25, 0.3) is 0 Å². The predicted octanol–water partition coefficient (Wildman–Crippen LogP) is 3.95. The number of nitrogens with one attached hydrogen (secondary N) is 1. The number of halogens is 5. The Kier molecular flexibility index (Phi) is 7.39. The first-order valence-corrected chi connectivity index (χ1v) is 10.0. The van der Waals surface area contributed by atoms with Crippen LogP contribution in [0.15, 0.2) is 47.4 Å². The molecule has 0 aliphatic rings. The zero-order valence-electron chi connectivity index (χ0n) is 14.7. The highest BCUT2D eigenvalue weighted by atomic mass is 35.5. The lowest BCUT2D eigenvalue weighted by molar-refractivity contribution is -0.274. The molecule has 0 bridgehead atoms. The van der Waals surface area contributed by atoms with Crippen LogP contribution in [0.2, 0.25) is 10.0 Å². The lowest BCUT2D eigenvalue weighted by Gasteiger charge is -2.17. The van der Waals surface area contributed by atoms with Gasteiger partial charge in [-0.25, -0.2) is 8.42 Å². The highest BCUT2D eigenvalue weighted by molar-refractivity contribution is 7.89. The first kappa shape index (κ1) is 23.3. The molecule has 29 heavy (non-hydrogen) atoms. The molecule has 0 aliphatic carbocycles. The van der Waals surface area contributed by atoms with E-state index in [0.717, 1.165) is 31.4 Å². The van der Waals surface area contributed by atoms with E-state index in [-0.39, 0.29) is 21.4 Å². The first-order chi connectivity index (χ1) is 13.4. The molecule has 0 saturated carbocycles. The SMILES string of the molecule is COC(=O)[C@H](Cc1ccc(Cl)c(Cl)c1)NS(=O)(=O)c1ccc(OC(F)(F)F)cc1. The quantitative estimate of drug-likeness (QED) is 0.618. The molecule has 0 saturated heterocycles. The monoisotopic (exact) mass is 471 g/mol. The van der Waals surface area contributed by atoms with Gasteiger partial charge in [0.05, 0.1) is 22.1 Å². The van der Waals surface area contributed by atoms with Crippen LogP contribution in [0.1, 0.15) is 5.56 Å². The second-order valence-electron chi connectivity index (χ2n) is 5.67. The third kappa shape index (κ3) is 6.77. The molecule has 12 heteroatoms. The Hall–Kier alpha value is -2.01. The van der Waals surface area contributed by atoms with Crippen molar-refractivity contribution in [1.82, 2.24) is 4.72 Å². The van der Waals surface area contributed by atoms with Crippen molar-refractivity contribution in [3.8, 4) is 5.75 Å². The third-order valence-corrected chi connectivity index (χ3v) is 5.80. The van der Waals surface area contributed by atoms with Crippen LogP contribution < -0.4 is 9.46 Å². The molecule has 0 fully saturated rings.